The number of nitrogen functional groups attached to an aromatic ring is 1. The summed E-state index contributed by atoms with van der Waals surface area (Å²) in [6.07, 6.45) is 8.93. The van der Waals surface area contributed by atoms with Crippen LogP contribution >= 0.6 is 0 Å². The Labute approximate surface area is 97.7 Å². The number of hydrogen-bond donors (Lipinski definition) is 1. The number of anilines is 1. The average molecular weight is 231 g/mol. The molecule has 3 rings (SSSR count). The van der Waals surface area contributed by atoms with Gasteiger partial charge in [0.1, 0.15) is 5.82 Å². The quantitative estimate of drug-likeness (QED) is 0.829. The Kier molecular flexibility index (Phi) is 2.21. The van der Waals surface area contributed by atoms with Crippen LogP contribution in [0.5, 0.6) is 0 Å². The van der Waals surface area contributed by atoms with Crippen LogP contribution in [-0.4, -0.2) is 19.1 Å². The lowest BCUT2D eigenvalue weighted by Gasteiger charge is -2.01. The van der Waals surface area contributed by atoms with Gasteiger partial charge in [-0.2, -0.15) is 0 Å². The van der Waals surface area contributed by atoms with Crippen molar-refractivity contribution in [2.75, 3.05) is 5.73 Å². The third-order valence-corrected chi connectivity index (χ3v) is 2.87. The van der Waals surface area contributed by atoms with E-state index in [1.54, 1.807) is 21.5 Å². The van der Waals surface area contributed by atoms with E-state index in [1.165, 1.54) is 6.20 Å². The second-order valence-corrected chi connectivity index (χ2v) is 4.28. The summed E-state index contributed by atoms with van der Waals surface area (Å²) >= 11 is 0. The van der Waals surface area contributed by atoms with Crippen LogP contribution in [0.2, 0.25) is 0 Å². The van der Waals surface area contributed by atoms with E-state index in [9.17, 15) is 4.79 Å². The lowest BCUT2D eigenvalue weighted by atomic mass is 10.4. The highest BCUT2D eigenvalue weighted by molar-refractivity contribution is 5.22. The van der Waals surface area contributed by atoms with Crippen LogP contribution in [0.1, 0.15) is 24.6 Å². The smallest absolute Gasteiger partial charge is 0.328 e. The fraction of sp³-hybridized carbons (Fsp3) is 0.364. The summed E-state index contributed by atoms with van der Waals surface area (Å²) in [5.74, 6) is 0.386. The molecular weight excluding hydrogens is 218 g/mol. The van der Waals surface area contributed by atoms with E-state index in [4.69, 9.17) is 5.73 Å². The first-order valence-corrected chi connectivity index (χ1v) is 5.58. The number of nitrogens with two attached hydrogens (primary N) is 1. The molecule has 1 aliphatic carbocycles. The average Bonchev–Trinajstić information content (AvgIpc) is 3.10. The molecule has 6 nitrogen and oxygen atoms in total. The zero-order valence-electron chi connectivity index (χ0n) is 9.28. The second-order valence-electron chi connectivity index (χ2n) is 4.28. The normalized spacial score (nSPS) is 15.1. The summed E-state index contributed by atoms with van der Waals surface area (Å²) in [6, 6.07) is 0.404. The molecular formula is C11H13N5O. The molecule has 1 saturated carbocycles. The highest BCUT2D eigenvalue weighted by Crippen LogP contribution is 2.33. The molecule has 17 heavy (non-hydrogen) atoms. The van der Waals surface area contributed by atoms with E-state index < -0.39 is 0 Å². The van der Waals surface area contributed by atoms with Gasteiger partial charge >= 0.3 is 5.69 Å². The maximum absolute atomic E-state index is 12.0. The van der Waals surface area contributed by atoms with Crippen LogP contribution in [0, 0.1) is 0 Å². The van der Waals surface area contributed by atoms with Crippen molar-refractivity contribution in [1.29, 1.82) is 0 Å². The number of rotatable bonds is 3. The van der Waals surface area contributed by atoms with Gasteiger partial charge in [-0.3, -0.25) is 14.1 Å². The Balaban J connectivity index is 1.85. The van der Waals surface area contributed by atoms with Gasteiger partial charge in [0.15, 0.2) is 0 Å². The summed E-state index contributed by atoms with van der Waals surface area (Å²) in [7, 11) is 0. The lowest BCUT2D eigenvalue weighted by molar-refractivity contribution is 0.650. The summed E-state index contributed by atoms with van der Waals surface area (Å²) in [6.45, 7) is 0.436. The van der Waals surface area contributed by atoms with Gasteiger partial charge in [-0.05, 0) is 12.8 Å². The molecule has 0 radical (unpaired) electrons. The zero-order chi connectivity index (χ0) is 11.8. The number of aromatic nitrogens is 4. The van der Waals surface area contributed by atoms with Crippen molar-refractivity contribution in [3.05, 3.63) is 41.0 Å². The first kappa shape index (κ1) is 10.1. The van der Waals surface area contributed by atoms with E-state index in [1.807, 2.05) is 6.20 Å². The number of imidazole rings is 1. The highest BCUT2D eigenvalue weighted by Gasteiger charge is 2.25. The maximum atomic E-state index is 12.0. The topological polar surface area (TPSA) is 78.7 Å². The van der Waals surface area contributed by atoms with Crippen LogP contribution < -0.4 is 11.4 Å². The first-order valence-electron chi connectivity index (χ1n) is 5.58. The van der Waals surface area contributed by atoms with Gasteiger partial charge < -0.3 is 5.73 Å². The predicted octanol–water partition coefficient (Wildman–Crippen LogP) is 0.405. The molecule has 6 heteroatoms. The van der Waals surface area contributed by atoms with Gasteiger partial charge in [0.05, 0.1) is 24.6 Å². The van der Waals surface area contributed by atoms with Crippen LogP contribution in [0.4, 0.5) is 5.82 Å². The number of nitrogens with zero attached hydrogens (tertiary/aromatic N) is 4. The van der Waals surface area contributed by atoms with Gasteiger partial charge in [0.25, 0.3) is 0 Å². The van der Waals surface area contributed by atoms with E-state index in [-0.39, 0.29) is 5.69 Å². The standard InChI is InChI=1S/C11H13N5O/c12-10-6-13-8(5-14-10)7-15-3-4-16(11(15)17)9-1-2-9/h3-6,9H,1-2,7H2,(H2,12,14). The Morgan fingerprint density at radius 1 is 1.29 bits per heavy atom. The molecule has 0 bridgehead atoms. The largest absolute Gasteiger partial charge is 0.382 e. The summed E-state index contributed by atoms with van der Waals surface area (Å²) in [5.41, 5.74) is 6.21. The Hall–Kier alpha value is -2.11. The molecule has 2 N–H and O–H groups in total. The maximum Gasteiger partial charge on any atom is 0.328 e. The van der Waals surface area contributed by atoms with E-state index in [0.29, 0.717) is 18.4 Å². The Bertz CT molecular complexity index is 579. The third kappa shape index (κ3) is 1.93. The Morgan fingerprint density at radius 2 is 2.12 bits per heavy atom. The minimum absolute atomic E-state index is 0.0196. The van der Waals surface area contributed by atoms with Gasteiger partial charge in [0.2, 0.25) is 0 Å². The van der Waals surface area contributed by atoms with Crippen LogP contribution in [-0.2, 0) is 6.54 Å². The van der Waals surface area contributed by atoms with Gasteiger partial charge in [-0.25, -0.2) is 9.78 Å². The predicted molar refractivity (Wildman–Crippen MR) is 62.5 cm³/mol. The van der Waals surface area contributed by atoms with Crippen molar-refractivity contribution >= 4 is 5.82 Å². The highest BCUT2D eigenvalue weighted by atomic mass is 16.1. The minimum atomic E-state index is 0.0196. The number of hydrogen-bond acceptors (Lipinski definition) is 4. The van der Waals surface area contributed by atoms with E-state index >= 15 is 0 Å². The summed E-state index contributed by atoms with van der Waals surface area (Å²) in [4.78, 5) is 20.1. The molecule has 0 atom stereocenters. The first-order chi connectivity index (χ1) is 8.24. The molecule has 2 aromatic rings. The lowest BCUT2D eigenvalue weighted by Crippen LogP contribution is -2.24. The fourth-order valence-electron chi connectivity index (χ4n) is 1.80. The molecule has 0 saturated heterocycles. The van der Waals surface area contributed by atoms with Crippen molar-refractivity contribution in [2.24, 2.45) is 0 Å². The Morgan fingerprint density at radius 3 is 2.76 bits per heavy atom. The van der Waals surface area contributed by atoms with Gasteiger partial charge in [-0.1, -0.05) is 0 Å². The SMILES string of the molecule is Nc1cnc(Cn2ccn(C3CC3)c2=O)cn1. The zero-order valence-corrected chi connectivity index (χ0v) is 9.28. The minimum Gasteiger partial charge on any atom is -0.382 e. The van der Waals surface area contributed by atoms with Crippen LogP contribution in [0.3, 0.4) is 0 Å². The van der Waals surface area contributed by atoms with Crippen molar-refractivity contribution in [1.82, 2.24) is 19.1 Å². The second kappa shape index (κ2) is 3.73. The van der Waals surface area contributed by atoms with Crippen molar-refractivity contribution in [3.8, 4) is 0 Å². The summed E-state index contributed by atoms with van der Waals surface area (Å²) in [5, 5.41) is 0. The molecule has 0 aromatic carbocycles. The summed E-state index contributed by atoms with van der Waals surface area (Å²) < 4.78 is 3.42. The molecule has 0 aliphatic heterocycles. The van der Waals surface area contributed by atoms with Crippen molar-refractivity contribution in [2.45, 2.75) is 25.4 Å². The van der Waals surface area contributed by atoms with Crippen LogP contribution in [0.15, 0.2) is 29.6 Å². The van der Waals surface area contributed by atoms with E-state index in [2.05, 4.69) is 9.97 Å². The molecule has 2 heterocycles. The molecule has 88 valence electrons. The molecule has 1 aliphatic rings. The van der Waals surface area contributed by atoms with Gasteiger partial charge in [-0.15, -0.1) is 0 Å². The molecule has 0 amide bonds. The molecule has 1 fully saturated rings. The molecule has 0 spiro atoms. The van der Waals surface area contributed by atoms with Crippen molar-refractivity contribution < 1.29 is 0 Å². The molecule has 0 unspecified atom stereocenters. The monoisotopic (exact) mass is 231 g/mol. The van der Waals surface area contributed by atoms with E-state index in [0.717, 1.165) is 18.5 Å². The molecule has 2 aromatic heterocycles. The van der Waals surface area contributed by atoms with Gasteiger partial charge in [0, 0.05) is 18.4 Å². The fourth-order valence-corrected chi connectivity index (χ4v) is 1.80. The third-order valence-electron chi connectivity index (χ3n) is 2.87. The van der Waals surface area contributed by atoms with Crippen molar-refractivity contribution in [3.63, 3.8) is 0 Å². The van der Waals surface area contributed by atoms with Crippen LogP contribution in [0.25, 0.3) is 0 Å².